The summed E-state index contributed by atoms with van der Waals surface area (Å²) < 4.78 is 5.35. The van der Waals surface area contributed by atoms with Crippen LogP contribution in [0.25, 0.3) is 0 Å². The summed E-state index contributed by atoms with van der Waals surface area (Å²) >= 11 is 0. The van der Waals surface area contributed by atoms with Gasteiger partial charge in [0.1, 0.15) is 5.75 Å². The quantitative estimate of drug-likeness (QED) is 0.705. The van der Waals surface area contributed by atoms with Gasteiger partial charge in [-0.3, -0.25) is 10.1 Å². The van der Waals surface area contributed by atoms with Crippen LogP contribution < -0.4 is 15.4 Å². The molecule has 3 aromatic carbocycles. The molecule has 0 aliphatic heterocycles. The van der Waals surface area contributed by atoms with Gasteiger partial charge >= 0.3 is 6.03 Å². The Morgan fingerprint density at radius 3 is 1.74 bits per heavy atom. The number of imide groups is 1. The summed E-state index contributed by atoms with van der Waals surface area (Å²) in [5.74, 6) is 0.0516. The number of urea groups is 1. The topological polar surface area (TPSA) is 67.4 Å². The minimum absolute atomic E-state index is 0.237. The fourth-order valence-electron chi connectivity index (χ4n) is 2.65. The highest BCUT2D eigenvalue weighted by atomic mass is 16.5. The van der Waals surface area contributed by atoms with Gasteiger partial charge in [0.05, 0.1) is 6.04 Å². The van der Waals surface area contributed by atoms with Crippen molar-refractivity contribution in [3.63, 3.8) is 0 Å². The summed E-state index contributed by atoms with van der Waals surface area (Å²) in [5.41, 5.74) is 1.85. The number of carbonyl (C=O) groups excluding carboxylic acids is 2. The van der Waals surface area contributed by atoms with Crippen LogP contribution in [0.2, 0.25) is 0 Å². The minimum atomic E-state index is -0.575. The van der Waals surface area contributed by atoms with E-state index in [1.807, 2.05) is 78.9 Å². The standard InChI is InChI=1S/C22H20N2O3/c25-20(16-27-19-14-8-3-9-15-19)23-22(26)24-21(17-10-4-1-5-11-17)18-12-6-2-7-13-18/h1-15,21H,16H2,(H2,23,24,25,26). The maximum atomic E-state index is 12.3. The van der Waals surface area contributed by atoms with Crippen molar-refractivity contribution in [1.29, 1.82) is 0 Å². The van der Waals surface area contributed by atoms with Gasteiger partial charge in [-0.1, -0.05) is 78.9 Å². The number of nitrogens with one attached hydrogen (secondary N) is 2. The molecule has 27 heavy (non-hydrogen) atoms. The molecule has 3 aromatic rings. The predicted molar refractivity (Wildman–Crippen MR) is 103 cm³/mol. The van der Waals surface area contributed by atoms with E-state index in [4.69, 9.17) is 4.74 Å². The Balaban J connectivity index is 1.62. The largest absolute Gasteiger partial charge is 0.484 e. The highest BCUT2D eigenvalue weighted by Crippen LogP contribution is 2.21. The lowest BCUT2D eigenvalue weighted by molar-refractivity contribution is -0.122. The highest BCUT2D eigenvalue weighted by Gasteiger charge is 2.18. The predicted octanol–water partition coefficient (Wildman–Crippen LogP) is 3.68. The number of benzene rings is 3. The average molecular weight is 360 g/mol. The molecule has 0 atom stereocenters. The summed E-state index contributed by atoms with van der Waals surface area (Å²) in [6, 6.07) is 27.2. The molecule has 0 unspecified atom stereocenters. The van der Waals surface area contributed by atoms with Crippen LogP contribution in [0.15, 0.2) is 91.0 Å². The first kappa shape index (κ1) is 18.2. The first-order valence-corrected chi connectivity index (χ1v) is 8.60. The monoisotopic (exact) mass is 360 g/mol. The smallest absolute Gasteiger partial charge is 0.322 e. The molecule has 136 valence electrons. The zero-order chi connectivity index (χ0) is 18.9. The second-order valence-corrected chi connectivity index (χ2v) is 5.88. The van der Waals surface area contributed by atoms with E-state index in [0.717, 1.165) is 11.1 Å². The number of rotatable bonds is 6. The molecule has 0 aromatic heterocycles. The molecule has 2 N–H and O–H groups in total. The lowest BCUT2D eigenvalue weighted by atomic mass is 9.99. The second-order valence-electron chi connectivity index (χ2n) is 5.88. The van der Waals surface area contributed by atoms with E-state index >= 15 is 0 Å². The third-order valence-electron chi connectivity index (χ3n) is 3.91. The Morgan fingerprint density at radius 1 is 0.741 bits per heavy atom. The Labute approximate surface area is 158 Å². The number of ether oxygens (including phenoxy) is 1. The van der Waals surface area contributed by atoms with Gasteiger partial charge in [-0.05, 0) is 23.3 Å². The Kier molecular flexibility index (Phi) is 6.20. The number of para-hydroxylation sites is 1. The molecule has 3 rings (SSSR count). The number of hydrogen-bond donors (Lipinski definition) is 2. The molecular formula is C22H20N2O3. The van der Waals surface area contributed by atoms with Crippen LogP contribution >= 0.6 is 0 Å². The molecule has 0 aliphatic rings. The summed E-state index contributed by atoms with van der Waals surface area (Å²) in [6.45, 7) is -0.237. The Morgan fingerprint density at radius 2 is 1.22 bits per heavy atom. The van der Waals surface area contributed by atoms with Crippen molar-refractivity contribution >= 4 is 11.9 Å². The molecule has 0 spiro atoms. The summed E-state index contributed by atoms with van der Waals surface area (Å²) in [4.78, 5) is 24.3. The van der Waals surface area contributed by atoms with Gasteiger partial charge in [-0.15, -0.1) is 0 Å². The van der Waals surface area contributed by atoms with Crippen molar-refractivity contribution in [2.75, 3.05) is 6.61 Å². The first-order chi connectivity index (χ1) is 13.2. The Bertz CT molecular complexity index is 828. The average Bonchev–Trinajstić information content (AvgIpc) is 2.72. The van der Waals surface area contributed by atoms with Crippen molar-refractivity contribution in [3.8, 4) is 5.75 Å². The second kappa shape index (κ2) is 9.20. The lowest BCUT2D eigenvalue weighted by Crippen LogP contribution is -2.43. The van der Waals surface area contributed by atoms with Gasteiger partial charge in [-0.25, -0.2) is 4.79 Å². The van der Waals surface area contributed by atoms with Crippen LogP contribution in [-0.2, 0) is 4.79 Å². The van der Waals surface area contributed by atoms with Crippen LogP contribution in [0.3, 0.4) is 0 Å². The van der Waals surface area contributed by atoms with E-state index in [-0.39, 0.29) is 12.6 Å². The fraction of sp³-hybridized carbons (Fsp3) is 0.0909. The number of carbonyl (C=O) groups is 2. The summed E-state index contributed by atoms with van der Waals surface area (Å²) in [6.07, 6.45) is 0. The molecule has 0 radical (unpaired) electrons. The molecule has 0 bridgehead atoms. The Hall–Kier alpha value is -3.60. The SMILES string of the molecule is O=C(COc1ccccc1)NC(=O)NC(c1ccccc1)c1ccccc1. The molecule has 0 aliphatic carbocycles. The molecule has 0 saturated carbocycles. The van der Waals surface area contributed by atoms with Crippen LogP contribution in [0.5, 0.6) is 5.75 Å². The van der Waals surface area contributed by atoms with E-state index in [0.29, 0.717) is 5.75 Å². The van der Waals surface area contributed by atoms with E-state index < -0.39 is 11.9 Å². The van der Waals surface area contributed by atoms with Crippen LogP contribution in [0.4, 0.5) is 4.79 Å². The molecule has 3 amide bonds. The fourth-order valence-corrected chi connectivity index (χ4v) is 2.65. The van der Waals surface area contributed by atoms with Crippen LogP contribution in [0.1, 0.15) is 17.2 Å². The molecule has 0 saturated heterocycles. The van der Waals surface area contributed by atoms with Gasteiger partial charge in [0.15, 0.2) is 6.61 Å². The molecule has 0 heterocycles. The minimum Gasteiger partial charge on any atom is -0.484 e. The summed E-state index contributed by atoms with van der Waals surface area (Å²) in [5, 5.41) is 5.16. The third kappa shape index (κ3) is 5.44. The van der Waals surface area contributed by atoms with E-state index in [2.05, 4.69) is 10.6 Å². The van der Waals surface area contributed by atoms with Gasteiger partial charge in [-0.2, -0.15) is 0 Å². The zero-order valence-electron chi connectivity index (χ0n) is 14.7. The zero-order valence-corrected chi connectivity index (χ0v) is 14.7. The third-order valence-corrected chi connectivity index (χ3v) is 3.91. The maximum Gasteiger partial charge on any atom is 0.322 e. The van der Waals surface area contributed by atoms with Gasteiger partial charge < -0.3 is 10.1 Å². The van der Waals surface area contributed by atoms with Gasteiger partial charge in [0.2, 0.25) is 0 Å². The molecule has 5 heteroatoms. The number of hydrogen-bond acceptors (Lipinski definition) is 3. The molecular weight excluding hydrogens is 340 g/mol. The van der Waals surface area contributed by atoms with Crippen LogP contribution in [0, 0.1) is 0 Å². The van der Waals surface area contributed by atoms with Crippen molar-refractivity contribution in [2.24, 2.45) is 0 Å². The van der Waals surface area contributed by atoms with Gasteiger partial charge in [0.25, 0.3) is 5.91 Å². The van der Waals surface area contributed by atoms with Crippen molar-refractivity contribution in [2.45, 2.75) is 6.04 Å². The van der Waals surface area contributed by atoms with E-state index in [1.165, 1.54) is 0 Å². The van der Waals surface area contributed by atoms with Crippen LogP contribution in [-0.4, -0.2) is 18.5 Å². The molecule has 0 fully saturated rings. The molecule has 5 nitrogen and oxygen atoms in total. The number of amides is 3. The normalized spacial score (nSPS) is 10.3. The van der Waals surface area contributed by atoms with Crippen molar-refractivity contribution in [1.82, 2.24) is 10.6 Å². The first-order valence-electron chi connectivity index (χ1n) is 8.60. The van der Waals surface area contributed by atoms with Gasteiger partial charge in [0, 0.05) is 0 Å². The highest BCUT2D eigenvalue weighted by molar-refractivity contribution is 5.95. The van der Waals surface area contributed by atoms with E-state index in [9.17, 15) is 9.59 Å². The maximum absolute atomic E-state index is 12.3. The lowest BCUT2D eigenvalue weighted by Gasteiger charge is -2.20. The van der Waals surface area contributed by atoms with Crippen molar-refractivity contribution < 1.29 is 14.3 Å². The van der Waals surface area contributed by atoms with E-state index in [1.54, 1.807) is 12.1 Å². The van der Waals surface area contributed by atoms with Crippen molar-refractivity contribution in [3.05, 3.63) is 102 Å². The summed E-state index contributed by atoms with van der Waals surface area (Å²) in [7, 11) is 0.